The Balaban J connectivity index is 3.70. The summed E-state index contributed by atoms with van der Waals surface area (Å²) in [4.78, 5) is 0. The monoisotopic (exact) mass is 218 g/mol. The van der Waals surface area contributed by atoms with Crippen LogP contribution in [-0.4, -0.2) is 29.2 Å². The van der Waals surface area contributed by atoms with Crippen molar-refractivity contribution in [2.75, 3.05) is 5.75 Å². The maximum absolute atomic E-state index is 10.6. The smallest absolute Gasteiger partial charge is 0.256 e. The number of hydrogen-bond donors (Lipinski definition) is 2. The molecule has 0 heterocycles. The lowest BCUT2D eigenvalue weighted by atomic mass is 10.6. The fourth-order valence-electron chi connectivity index (χ4n) is 0.333. The minimum Gasteiger partial charge on any atom is -0.327 e. The van der Waals surface area contributed by atoms with E-state index in [1.165, 1.54) is 0 Å². The van der Waals surface area contributed by atoms with Crippen molar-refractivity contribution in [2.45, 2.75) is 11.0 Å². The average molecular weight is 218 g/mol. The maximum atomic E-state index is 10.6. The average Bonchev–Trinajstić information content (AvgIpc) is 1.85. The van der Waals surface area contributed by atoms with Crippen molar-refractivity contribution in [3.63, 3.8) is 0 Å². The molecule has 0 aromatic carbocycles. The predicted molar refractivity (Wildman–Crippen MR) is 51.2 cm³/mol. The van der Waals surface area contributed by atoms with Gasteiger partial charge in [-0.25, -0.2) is 8.42 Å². The fraction of sp³-hybridized carbons (Fsp3) is 1.00. The second-order valence-corrected chi connectivity index (χ2v) is 6.21. The van der Waals surface area contributed by atoms with Crippen molar-refractivity contribution in [2.24, 2.45) is 0 Å². The molecule has 0 aliphatic rings. The number of hydrogen-bond acceptors (Lipinski definition) is 5. The van der Waals surface area contributed by atoms with Crippen LogP contribution in [0.2, 0.25) is 0 Å². The van der Waals surface area contributed by atoms with E-state index in [0.29, 0.717) is 6.42 Å². The van der Waals surface area contributed by atoms with Crippen LogP contribution in [0.5, 0.6) is 0 Å². The van der Waals surface area contributed by atoms with Crippen LogP contribution in [0.15, 0.2) is 0 Å². The molecule has 0 N–H and O–H groups in total. The molecule has 0 spiro atoms. The summed E-state index contributed by atoms with van der Waals surface area (Å²) in [5, 5.41) is 0. The molecule has 0 rings (SSSR count). The minimum absolute atomic E-state index is 0.00810. The third-order valence-corrected chi connectivity index (χ3v) is 4.16. The zero-order chi connectivity index (χ0) is 8.20. The zero-order valence-corrected chi connectivity index (χ0v) is 10.1. The highest BCUT2D eigenvalue weighted by Crippen LogP contribution is 2.07. The molecule has 0 aromatic heterocycles. The van der Waals surface area contributed by atoms with Crippen LogP contribution >= 0.6 is 25.3 Å². The summed E-state index contributed by atoms with van der Waals surface area (Å²) in [6.45, 7) is 0. The van der Waals surface area contributed by atoms with E-state index < -0.39 is 10.1 Å². The standard InChI is InChI=1S/C3H10O3S3Si/c4-9(5,6-10)2-1-3(7)8/h3,7-8H,1-2H2,10H3. The third-order valence-electron chi connectivity index (χ3n) is 0.880. The second-order valence-electron chi connectivity index (χ2n) is 1.70. The molecule has 0 amide bonds. The first-order chi connectivity index (χ1) is 4.48. The van der Waals surface area contributed by atoms with Crippen LogP contribution in [0.1, 0.15) is 6.42 Å². The van der Waals surface area contributed by atoms with Crippen molar-refractivity contribution >= 4 is 45.9 Å². The van der Waals surface area contributed by atoms with Gasteiger partial charge in [0.25, 0.3) is 10.1 Å². The van der Waals surface area contributed by atoms with Crippen LogP contribution < -0.4 is 0 Å². The van der Waals surface area contributed by atoms with Gasteiger partial charge in [-0.1, -0.05) is 0 Å². The summed E-state index contributed by atoms with van der Waals surface area (Å²) in [7, 11) is -3.03. The highest BCUT2D eigenvalue weighted by atomic mass is 32.2. The van der Waals surface area contributed by atoms with E-state index in [9.17, 15) is 8.42 Å². The van der Waals surface area contributed by atoms with Crippen molar-refractivity contribution in [3.05, 3.63) is 0 Å². The highest BCUT2D eigenvalue weighted by molar-refractivity contribution is 7.99. The summed E-state index contributed by atoms with van der Waals surface area (Å²) in [5.41, 5.74) is 0. The second kappa shape index (κ2) is 4.65. The van der Waals surface area contributed by atoms with Gasteiger partial charge in [-0.3, -0.25) is 0 Å². The molecule has 7 heteroatoms. The Morgan fingerprint density at radius 2 is 2.00 bits per heavy atom. The third kappa shape index (κ3) is 5.60. The van der Waals surface area contributed by atoms with Crippen LogP contribution in [0.25, 0.3) is 0 Å². The van der Waals surface area contributed by atoms with E-state index in [2.05, 4.69) is 29.1 Å². The van der Waals surface area contributed by atoms with E-state index in [4.69, 9.17) is 0 Å². The molecule has 0 unspecified atom stereocenters. The van der Waals surface area contributed by atoms with Gasteiger partial charge >= 0.3 is 0 Å². The molecule has 0 radical (unpaired) electrons. The van der Waals surface area contributed by atoms with Crippen molar-refractivity contribution in [1.29, 1.82) is 0 Å². The van der Waals surface area contributed by atoms with Crippen molar-refractivity contribution < 1.29 is 12.3 Å². The molecule has 10 heavy (non-hydrogen) atoms. The van der Waals surface area contributed by atoms with Crippen LogP contribution in [0.4, 0.5) is 0 Å². The Morgan fingerprint density at radius 1 is 1.50 bits per heavy atom. The molecule has 62 valence electrons. The summed E-state index contributed by atoms with van der Waals surface area (Å²) < 4.78 is 25.4. The Hall–Kier alpha value is 0.827. The normalized spacial score (nSPS) is 12.7. The lowest BCUT2D eigenvalue weighted by Gasteiger charge is -2.02. The van der Waals surface area contributed by atoms with Crippen molar-refractivity contribution in [3.8, 4) is 0 Å². The van der Waals surface area contributed by atoms with Gasteiger partial charge in [0.2, 0.25) is 0 Å². The Bertz CT molecular complexity index is 175. The van der Waals surface area contributed by atoms with Gasteiger partial charge in [0.05, 0.1) is 5.75 Å². The molecule has 0 saturated carbocycles. The van der Waals surface area contributed by atoms with Crippen molar-refractivity contribution in [1.82, 2.24) is 0 Å². The fourth-order valence-corrected chi connectivity index (χ4v) is 2.13. The summed E-state index contributed by atoms with van der Waals surface area (Å²) in [6.07, 6.45) is 0.413. The molecule has 0 aromatic rings. The lowest BCUT2D eigenvalue weighted by Crippen LogP contribution is -2.10. The first kappa shape index (κ1) is 10.8. The summed E-state index contributed by atoms with van der Waals surface area (Å²) in [5.74, 6) is 0.00810. The van der Waals surface area contributed by atoms with Crippen LogP contribution in [0.3, 0.4) is 0 Å². The highest BCUT2D eigenvalue weighted by Gasteiger charge is 2.08. The van der Waals surface area contributed by atoms with Gasteiger partial charge in [-0.05, 0) is 6.42 Å². The molecule has 3 nitrogen and oxygen atoms in total. The Labute approximate surface area is 75.0 Å². The molecule has 0 aliphatic carbocycles. The van der Waals surface area contributed by atoms with Gasteiger partial charge in [-0.15, -0.1) is 0 Å². The van der Waals surface area contributed by atoms with E-state index in [-0.39, 0.29) is 20.8 Å². The minimum atomic E-state index is -3.25. The van der Waals surface area contributed by atoms with Gasteiger partial charge in [0.15, 0.2) is 10.5 Å². The zero-order valence-electron chi connectivity index (χ0n) is 5.52. The van der Waals surface area contributed by atoms with E-state index >= 15 is 0 Å². The van der Waals surface area contributed by atoms with Crippen LogP contribution in [-0.2, 0) is 14.0 Å². The first-order valence-corrected chi connectivity index (χ1v) is 6.05. The van der Waals surface area contributed by atoms with E-state index in [0.717, 1.165) is 0 Å². The van der Waals surface area contributed by atoms with Gasteiger partial charge in [0, 0.05) is 4.58 Å². The Morgan fingerprint density at radius 3 is 2.30 bits per heavy atom. The molecule has 0 atom stereocenters. The molecule has 0 bridgehead atoms. The van der Waals surface area contributed by atoms with Gasteiger partial charge in [0.1, 0.15) is 0 Å². The SMILES string of the molecule is O=S(=O)(CCC(S)S)O[SiH3]. The van der Waals surface area contributed by atoms with Gasteiger partial charge < -0.3 is 3.87 Å². The maximum Gasteiger partial charge on any atom is 0.256 e. The van der Waals surface area contributed by atoms with E-state index in [1.807, 2.05) is 0 Å². The van der Waals surface area contributed by atoms with E-state index in [1.54, 1.807) is 0 Å². The predicted octanol–water partition coefficient (Wildman–Crippen LogP) is -0.811. The summed E-state index contributed by atoms with van der Waals surface area (Å²) in [6, 6.07) is 0. The molecule has 0 fully saturated rings. The topological polar surface area (TPSA) is 43.4 Å². The Kier molecular flexibility index (Phi) is 5.04. The van der Waals surface area contributed by atoms with Gasteiger partial charge in [-0.2, -0.15) is 25.3 Å². The number of thiol groups is 2. The molecule has 0 aliphatic heterocycles. The summed E-state index contributed by atoms with van der Waals surface area (Å²) >= 11 is 7.81. The quantitative estimate of drug-likeness (QED) is 0.368. The number of rotatable bonds is 4. The lowest BCUT2D eigenvalue weighted by molar-refractivity contribution is 0.506. The molecular formula is C3H10O3S3Si. The molecular weight excluding hydrogens is 208 g/mol. The largest absolute Gasteiger partial charge is 0.327 e. The molecule has 0 saturated heterocycles. The first-order valence-electron chi connectivity index (χ1n) is 2.62. The van der Waals surface area contributed by atoms with Crippen LogP contribution in [0, 0.1) is 0 Å².